The van der Waals surface area contributed by atoms with Gasteiger partial charge in [0.25, 0.3) is 0 Å². The molecule has 0 spiro atoms. The second kappa shape index (κ2) is 6.19. The van der Waals surface area contributed by atoms with Crippen molar-refractivity contribution in [2.24, 2.45) is 0 Å². The molecular weight excluding hydrogens is 174 g/mol. The first kappa shape index (κ1) is 10.8. The van der Waals surface area contributed by atoms with Crippen molar-refractivity contribution < 1.29 is 4.79 Å². The number of anilines is 1. The molecule has 1 aromatic rings. The zero-order chi connectivity index (χ0) is 10.2. The quantitative estimate of drug-likeness (QED) is 0.542. The summed E-state index contributed by atoms with van der Waals surface area (Å²) in [5.41, 5.74) is 2.13. The number of hydrogen-bond donors (Lipinski definition) is 1. The monoisotopic (exact) mass is 190 g/mol. The van der Waals surface area contributed by atoms with E-state index in [-0.39, 0.29) is 0 Å². The SMILES string of the molecule is CCCCCc1ccc(N[C]=O)cc1. The summed E-state index contributed by atoms with van der Waals surface area (Å²) in [6.45, 7) is 2.20. The smallest absolute Gasteiger partial charge is 0.314 e. The molecule has 2 heteroatoms. The van der Waals surface area contributed by atoms with Gasteiger partial charge in [-0.1, -0.05) is 31.9 Å². The highest BCUT2D eigenvalue weighted by molar-refractivity contribution is 5.71. The highest BCUT2D eigenvalue weighted by Gasteiger charge is 1.94. The minimum absolute atomic E-state index is 0.805. The van der Waals surface area contributed by atoms with Crippen molar-refractivity contribution in [3.63, 3.8) is 0 Å². The molecule has 0 saturated heterocycles. The lowest BCUT2D eigenvalue weighted by Gasteiger charge is -2.02. The van der Waals surface area contributed by atoms with Crippen LogP contribution in [0.1, 0.15) is 31.7 Å². The average molecular weight is 190 g/mol. The van der Waals surface area contributed by atoms with Gasteiger partial charge in [-0.3, -0.25) is 4.79 Å². The van der Waals surface area contributed by atoms with Crippen molar-refractivity contribution in [3.8, 4) is 0 Å². The van der Waals surface area contributed by atoms with Gasteiger partial charge in [-0.05, 0) is 30.5 Å². The van der Waals surface area contributed by atoms with Gasteiger partial charge in [-0.2, -0.15) is 0 Å². The molecule has 0 saturated carbocycles. The summed E-state index contributed by atoms with van der Waals surface area (Å²) in [5, 5.41) is 2.50. The Morgan fingerprint density at radius 2 is 1.93 bits per heavy atom. The van der Waals surface area contributed by atoms with Crippen molar-refractivity contribution in [1.29, 1.82) is 0 Å². The van der Waals surface area contributed by atoms with Gasteiger partial charge >= 0.3 is 6.41 Å². The molecular formula is C12H16NO. The molecule has 0 aliphatic rings. The molecule has 0 fully saturated rings. The number of amides is 1. The van der Waals surface area contributed by atoms with E-state index in [4.69, 9.17) is 0 Å². The van der Waals surface area contributed by atoms with Crippen LogP contribution in [0.15, 0.2) is 24.3 Å². The van der Waals surface area contributed by atoms with Gasteiger partial charge < -0.3 is 5.32 Å². The fraction of sp³-hybridized carbons (Fsp3) is 0.417. The number of unbranched alkanes of at least 4 members (excludes halogenated alkanes) is 2. The first-order valence-corrected chi connectivity index (χ1v) is 5.09. The van der Waals surface area contributed by atoms with Gasteiger partial charge in [-0.25, -0.2) is 0 Å². The lowest BCUT2D eigenvalue weighted by Crippen LogP contribution is -1.93. The van der Waals surface area contributed by atoms with Crippen molar-refractivity contribution in [2.75, 3.05) is 5.32 Å². The maximum atomic E-state index is 10.0. The molecule has 1 amide bonds. The van der Waals surface area contributed by atoms with Crippen LogP contribution >= 0.6 is 0 Å². The molecule has 1 aromatic carbocycles. The minimum Gasteiger partial charge on any atom is -0.318 e. The highest BCUT2D eigenvalue weighted by atomic mass is 16.1. The van der Waals surface area contributed by atoms with Crippen LogP contribution in [0.25, 0.3) is 0 Å². The minimum atomic E-state index is 0.805. The number of hydrogen-bond acceptors (Lipinski definition) is 1. The van der Waals surface area contributed by atoms with Gasteiger partial charge in [0.2, 0.25) is 0 Å². The van der Waals surface area contributed by atoms with E-state index in [1.807, 2.05) is 12.1 Å². The number of rotatable bonds is 6. The summed E-state index contributed by atoms with van der Waals surface area (Å²) in [4.78, 5) is 10.0. The summed E-state index contributed by atoms with van der Waals surface area (Å²) in [6.07, 6.45) is 6.55. The maximum Gasteiger partial charge on any atom is 0.314 e. The van der Waals surface area contributed by atoms with Crippen LogP contribution in [0.3, 0.4) is 0 Å². The zero-order valence-electron chi connectivity index (χ0n) is 8.55. The predicted molar refractivity (Wildman–Crippen MR) is 59.0 cm³/mol. The Hall–Kier alpha value is -1.31. The maximum absolute atomic E-state index is 10.0. The van der Waals surface area contributed by atoms with E-state index in [9.17, 15) is 4.79 Å². The summed E-state index contributed by atoms with van der Waals surface area (Å²) in [7, 11) is 0. The highest BCUT2D eigenvalue weighted by Crippen LogP contribution is 2.11. The fourth-order valence-corrected chi connectivity index (χ4v) is 1.39. The van der Waals surface area contributed by atoms with Crippen molar-refractivity contribution in [3.05, 3.63) is 29.8 Å². The lowest BCUT2D eigenvalue weighted by atomic mass is 10.1. The third kappa shape index (κ3) is 3.60. The Bertz CT molecular complexity index is 266. The Labute approximate surface area is 85.3 Å². The standard InChI is InChI=1S/C12H16NO/c1-2-3-4-5-11-6-8-12(9-7-11)13-10-14/h6-9H,2-5H2,1H3,(H,13,14). The van der Waals surface area contributed by atoms with Crippen LogP contribution in [0.5, 0.6) is 0 Å². The van der Waals surface area contributed by atoms with E-state index >= 15 is 0 Å². The molecule has 14 heavy (non-hydrogen) atoms. The van der Waals surface area contributed by atoms with E-state index in [2.05, 4.69) is 24.4 Å². The van der Waals surface area contributed by atoms with Gasteiger partial charge in [0, 0.05) is 5.69 Å². The van der Waals surface area contributed by atoms with Crippen molar-refractivity contribution >= 4 is 12.1 Å². The Kier molecular flexibility index (Phi) is 4.76. The third-order valence-electron chi connectivity index (χ3n) is 2.22. The van der Waals surface area contributed by atoms with Crippen LogP contribution in [0.4, 0.5) is 5.69 Å². The summed E-state index contributed by atoms with van der Waals surface area (Å²) < 4.78 is 0. The van der Waals surface area contributed by atoms with E-state index < -0.39 is 0 Å². The molecule has 0 aliphatic carbocycles. The number of aryl methyl sites for hydroxylation is 1. The van der Waals surface area contributed by atoms with Crippen LogP contribution < -0.4 is 5.32 Å². The Morgan fingerprint density at radius 3 is 2.50 bits per heavy atom. The average Bonchev–Trinajstić information content (AvgIpc) is 2.21. The van der Waals surface area contributed by atoms with Crippen LogP contribution in [0.2, 0.25) is 0 Å². The molecule has 0 unspecified atom stereocenters. The normalized spacial score (nSPS) is 9.79. The second-order valence-corrected chi connectivity index (χ2v) is 3.38. The largest absolute Gasteiger partial charge is 0.318 e. The predicted octanol–water partition coefficient (Wildman–Crippen LogP) is 2.90. The molecule has 2 nitrogen and oxygen atoms in total. The molecule has 75 valence electrons. The Balaban J connectivity index is 2.42. The summed E-state index contributed by atoms with van der Waals surface area (Å²) in [6, 6.07) is 7.92. The first-order valence-electron chi connectivity index (χ1n) is 5.09. The number of carbonyl (C=O) groups excluding carboxylic acids is 1. The van der Waals surface area contributed by atoms with E-state index in [0.29, 0.717) is 0 Å². The molecule has 0 bridgehead atoms. The van der Waals surface area contributed by atoms with Gasteiger partial charge in [0.1, 0.15) is 0 Å². The van der Waals surface area contributed by atoms with Gasteiger partial charge in [0.05, 0.1) is 0 Å². The lowest BCUT2D eigenvalue weighted by molar-refractivity contribution is 0.561. The van der Waals surface area contributed by atoms with E-state index in [1.54, 1.807) is 6.41 Å². The second-order valence-electron chi connectivity index (χ2n) is 3.38. The summed E-state index contributed by atoms with van der Waals surface area (Å²) in [5.74, 6) is 0. The van der Waals surface area contributed by atoms with E-state index in [0.717, 1.165) is 12.1 Å². The molecule has 0 aliphatic heterocycles. The van der Waals surface area contributed by atoms with Crippen LogP contribution in [-0.2, 0) is 11.2 Å². The zero-order valence-corrected chi connectivity index (χ0v) is 8.55. The topological polar surface area (TPSA) is 29.1 Å². The molecule has 0 atom stereocenters. The molecule has 1 rings (SSSR count). The van der Waals surface area contributed by atoms with Gasteiger partial charge in [0.15, 0.2) is 0 Å². The molecule has 1 radical (unpaired) electrons. The molecule has 1 N–H and O–H groups in total. The van der Waals surface area contributed by atoms with Crippen molar-refractivity contribution in [1.82, 2.24) is 0 Å². The number of benzene rings is 1. The first-order chi connectivity index (χ1) is 6.86. The molecule has 0 heterocycles. The third-order valence-corrected chi connectivity index (χ3v) is 2.22. The van der Waals surface area contributed by atoms with Crippen LogP contribution in [0, 0.1) is 0 Å². The van der Waals surface area contributed by atoms with Gasteiger partial charge in [-0.15, -0.1) is 0 Å². The summed E-state index contributed by atoms with van der Waals surface area (Å²) >= 11 is 0. The van der Waals surface area contributed by atoms with Crippen molar-refractivity contribution in [2.45, 2.75) is 32.6 Å². The number of nitrogens with one attached hydrogen (secondary N) is 1. The Morgan fingerprint density at radius 1 is 1.21 bits per heavy atom. The van der Waals surface area contributed by atoms with E-state index in [1.165, 1.54) is 24.8 Å². The molecule has 0 aromatic heterocycles. The van der Waals surface area contributed by atoms with Crippen LogP contribution in [-0.4, -0.2) is 6.41 Å². The fourth-order valence-electron chi connectivity index (χ4n) is 1.39.